The molecule has 0 aliphatic carbocycles. The first-order chi connectivity index (χ1) is 12.7. The molecule has 3 aromatic carbocycles. The summed E-state index contributed by atoms with van der Waals surface area (Å²) in [6, 6.07) is 24.6. The molecule has 26 heavy (non-hydrogen) atoms. The molecule has 0 bridgehead atoms. The van der Waals surface area contributed by atoms with Crippen LogP contribution in [0.5, 0.6) is 5.75 Å². The molecule has 4 heteroatoms. The average molecular weight is 344 g/mol. The van der Waals surface area contributed by atoms with Crippen LogP contribution in [-0.4, -0.2) is 11.1 Å². The quantitative estimate of drug-likeness (QED) is 0.528. The standard InChI is InChI=1S/C22H16O4/c23-22(24)21-19(16-10-5-2-6-11-16)20-17(12-7-13-18(20)26-21)25-14-15-8-3-1-4-9-15/h1-13H,14H2,(H,23,24). The van der Waals surface area contributed by atoms with Crippen molar-refractivity contribution in [3.8, 4) is 16.9 Å². The van der Waals surface area contributed by atoms with Crippen molar-refractivity contribution in [1.82, 2.24) is 0 Å². The Morgan fingerprint density at radius 3 is 2.27 bits per heavy atom. The highest BCUT2D eigenvalue weighted by atomic mass is 16.5. The molecule has 0 amide bonds. The number of hydrogen-bond acceptors (Lipinski definition) is 3. The van der Waals surface area contributed by atoms with E-state index in [0.717, 1.165) is 11.1 Å². The number of carboxylic acids is 1. The fourth-order valence-corrected chi connectivity index (χ4v) is 3.00. The molecule has 1 aromatic heterocycles. The molecular formula is C22H16O4. The van der Waals surface area contributed by atoms with Gasteiger partial charge in [-0.1, -0.05) is 66.7 Å². The van der Waals surface area contributed by atoms with Gasteiger partial charge >= 0.3 is 5.97 Å². The number of benzene rings is 3. The third-order valence-corrected chi connectivity index (χ3v) is 4.17. The number of hydrogen-bond donors (Lipinski definition) is 1. The molecule has 1 heterocycles. The molecule has 4 aromatic rings. The second-order valence-corrected chi connectivity index (χ2v) is 5.88. The van der Waals surface area contributed by atoms with E-state index in [1.165, 1.54) is 0 Å². The third-order valence-electron chi connectivity index (χ3n) is 4.17. The summed E-state index contributed by atoms with van der Waals surface area (Å²) in [4.78, 5) is 11.7. The van der Waals surface area contributed by atoms with Crippen molar-refractivity contribution in [2.24, 2.45) is 0 Å². The van der Waals surface area contributed by atoms with E-state index in [2.05, 4.69) is 0 Å². The Morgan fingerprint density at radius 1 is 0.885 bits per heavy atom. The molecule has 0 fully saturated rings. The molecule has 0 radical (unpaired) electrons. The highest BCUT2D eigenvalue weighted by molar-refractivity contribution is 6.08. The Hall–Kier alpha value is -3.53. The average Bonchev–Trinajstić information content (AvgIpc) is 3.08. The number of aromatic carboxylic acids is 1. The van der Waals surface area contributed by atoms with Crippen LogP contribution in [0.1, 0.15) is 16.1 Å². The Bertz CT molecular complexity index is 1050. The Balaban J connectivity index is 1.85. The van der Waals surface area contributed by atoms with Crippen LogP contribution in [0.3, 0.4) is 0 Å². The van der Waals surface area contributed by atoms with E-state index in [4.69, 9.17) is 9.15 Å². The fraction of sp³-hybridized carbons (Fsp3) is 0.0455. The maximum Gasteiger partial charge on any atom is 0.372 e. The van der Waals surface area contributed by atoms with E-state index in [-0.39, 0.29) is 5.76 Å². The van der Waals surface area contributed by atoms with Crippen LogP contribution in [-0.2, 0) is 6.61 Å². The van der Waals surface area contributed by atoms with Crippen molar-refractivity contribution in [2.45, 2.75) is 6.61 Å². The maximum atomic E-state index is 11.7. The van der Waals surface area contributed by atoms with Gasteiger partial charge in [-0.25, -0.2) is 4.79 Å². The molecule has 0 aliphatic rings. The number of furan rings is 1. The summed E-state index contributed by atoms with van der Waals surface area (Å²) < 4.78 is 11.6. The molecule has 0 aliphatic heterocycles. The van der Waals surface area contributed by atoms with Crippen molar-refractivity contribution in [3.63, 3.8) is 0 Å². The number of rotatable bonds is 5. The first kappa shape index (κ1) is 16.0. The van der Waals surface area contributed by atoms with E-state index >= 15 is 0 Å². The summed E-state index contributed by atoms with van der Waals surface area (Å²) in [6.45, 7) is 0.391. The zero-order valence-electron chi connectivity index (χ0n) is 13.9. The highest BCUT2D eigenvalue weighted by Crippen LogP contribution is 2.40. The first-order valence-corrected chi connectivity index (χ1v) is 8.25. The predicted octanol–water partition coefficient (Wildman–Crippen LogP) is 5.38. The van der Waals surface area contributed by atoms with Gasteiger partial charge in [0.1, 0.15) is 17.9 Å². The number of fused-ring (bicyclic) bond motifs is 1. The summed E-state index contributed by atoms with van der Waals surface area (Å²) in [6.07, 6.45) is 0. The lowest BCUT2D eigenvalue weighted by Gasteiger charge is -2.09. The molecule has 1 N–H and O–H groups in total. The van der Waals surface area contributed by atoms with Gasteiger partial charge in [-0.15, -0.1) is 0 Å². The Labute approximate surface area is 150 Å². The van der Waals surface area contributed by atoms with Crippen LogP contribution in [0, 0.1) is 0 Å². The summed E-state index contributed by atoms with van der Waals surface area (Å²) >= 11 is 0. The second kappa shape index (κ2) is 6.76. The number of carbonyl (C=O) groups is 1. The SMILES string of the molecule is O=C(O)c1oc2cccc(OCc3ccccc3)c2c1-c1ccccc1. The topological polar surface area (TPSA) is 59.7 Å². The second-order valence-electron chi connectivity index (χ2n) is 5.88. The molecule has 4 rings (SSSR count). The molecule has 0 unspecified atom stereocenters. The van der Waals surface area contributed by atoms with Crippen LogP contribution in [0.4, 0.5) is 0 Å². The van der Waals surface area contributed by atoms with Gasteiger partial charge in [0.15, 0.2) is 0 Å². The highest BCUT2D eigenvalue weighted by Gasteiger charge is 2.23. The molecule has 0 saturated carbocycles. The van der Waals surface area contributed by atoms with Gasteiger partial charge in [-0.05, 0) is 23.3 Å². The molecule has 0 spiro atoms. The van der Waals surface area contributed by atoms with E-state index in [9.17, 15) is 9.90 Å². The zero-order chi connectivity index (χ0) is 17.9. The molecular weight excluding hydrogens is 328 g/mol. The van der Waals surface area contributed by atoms with Crippen LogP contribution in [0.25, 0.3) is 22.1 Å². The number of ether oxygens (including phenoxy) is 1. The largest absolute Gasteiger partial charge is 0.488 e. The number of carboxylic acid groups (broad SMARTS) is 1. The van der Waals surface area contributed by atoms with Gasteiger partial charge in [0.25, 0.3) is 0 Å². The van der Waals surface area contributed by atoms with Gasteiger partial charge in [-0.3, -0.25) is 0 Å². The van der Waals surface area contributed by atoms with Crippen LogP contribution >= 0.6 is 0 Å². The van der Waals surface area contributed by atoms with E-state index in [1.54, 1.807) is 12.1 Å². The van der Waals surface area contributed by atoms with Crippen molar-refractivity contribution in [3.05, 3.63) is 90.2 Å². The fourth-order valence-electron chi connectivity index (χ4n) is 3.00. The Kier molecular flexibility index (Phi) is 4.15. The van der Waals surface area contributed by atoms with E-state index in [1.807, 2.05) is 66.7 Å². The lowest BCUT2D eigenvalue weighted by Crippen LogP contribution is -1.97. The van der Waals surface area contributed by atoms with Gasteiger partial charge in [0.05, 0.1) is 5.39 Å². The summed E-state index contributed by atoms with van der Waals surface area (Å²) in [5.74, 6) is -0.586. The lowest BCUT2D eigenvalue weighted by atomic mass is 10.0. The summed E-state index contributed by atoms with van der Waals surface area (Å²) in [5.41, 5.74) is 2.84. The smallest absolute Gasteiger partial charge is 0.372 e. The van der Waals surface area contributed by atoms with Crippen LogP contribution in [0.15, 0.2) is 83.3 Å². The van der Waals surface area contributed by atoms with Gasteiger partial charge in [-0.2, -0.15) is 0 Å². The van der Waals surface area contributed by atoms with E-state index < -0.39 is 5.97 Å². The first-order valence-electron chi connectivity index (χ1n) is 8.25. The predicted molar refractivity (Wildman–Crippen MR) is 99.4 cm³/mol. The zero-order valence-corrected chi connectivity index (χ0v) is 13.9. The Morgan fingerprint density at radius 2 is 1.58 bits per heavy atom. The lowest BCUT2D eigenvalue weighted by molar-refractivity contribution is 0.0666. The minimum atomic E-state index is -1.10. The summed E-state index contributed by atoms with van der Waals surface area (Å²) in [7, 11) is 0. The minimum absolute atomic E-state index is 0.0815. The monoisotopic (exact) mass is 344 g/mol. The van der Waals surface area contributed by atoms with Gasteiger partial charge in [0, 0.05) is 5.56 Å². The van der Waals surface area contributed by atoms with Crippen molar-refractivity contribution >= 4 is 16.9 Å². The van der Waals surface area contributed by atoms with Crippen molar-refractivity contribution < 1.29 is 19.1 Å². The minimum Gasteiger partial charge on any atom is -0.488 e. The molecule has 4 nitrogen and oxygen atoms in total. The molecule has 0 saturated heterocycles. The van der Waals surface area contributed by atoms with Gasteiger partial charge in [0.2, 0.25) is 5.76 Å². The van der Waals surface area contributed by atoms with Crippen LogP contribution in [0.2, 0.25) is 0 Å². The molecule has 0 atom stereocenters. The third kappa shape index (κ3) is 2.93. The van der Waals surface area contributed by atoms with Gasteiger partial charge < -0.3 is 14.3 Å². The van der Waals surface area contributed by atoms with Crippen molar-refractivity contribution in [1.29, 1.82) is 0 Å². The summed E-state index contributed by atoms with van der Waals surface area (Å²) in [5, 5.41) is 10.3. The normalized spacial score (nSPS) is 10.8. The molecule has 128 valence electrons. The van der Waals surface area contributed by atoms with Crippen molar-refractivity contribution in [2.75, 3.05) is 0 Å². The van der Waals surface area contributed by atoms with E-state index in [0.29, 0.717) is 28.9 Å². The van der Waals surface area contributed by atoms with Crippen LogP contribution < -0.4 is 4.74 Å². The maximum absolute atomic E-state index is 11.7.